The van der Waals surface area contributed by atoms with Crippen molar-refractivity contribution in [3.63, 3.8) is 0 Å². The summed E-state index contributed by atoms with van der Waals surface area (Å²) in [6.07, 6.45) is 2.18. The Labute approximate surface area is 376 Å². The normalized spacial score (nSPS) is 13.3. The molecule has 10 rings (SSSR count). The Kier molecular flexibility index (Phi) is 10.8. The SMILES string of the molecule is CC(O)=CC(=O)CCc1ccccc1-c1cc(-c2ccccc2-c2ccc(N3CN(C)c4ccccc43)cc2)cc(-c2ccccc2-c2ccc(N3CN(C)c4ccccc43)cc2)c1. The fourth-order valence-electron chi connectivity index (χ4n) is 9.49. The van der Waals surface area contributed by atoms with Gasteiger partial charge in [-0.15, -0.1) is 0 Å². The molecule has 0 bridgehead atoms. The molecule has 0 saturated carbocycles. The van der Waals surface area contributed by atoms with Gasteiger partial charge in [-0.3, -0.25) is 4.79 Å². The number of allylic oxidation sites excluding steroid dienone is 2. The zero-order chi connectivity index (χ0) is 43.7. The Morgan fingerprint density at radius 3 is 1.27 bits per heavy atom. The van der Waals surface area contributed by atoms with Crippen molar-refractivity contribution in [3.8, 4) is 55.6 Å². The van der Waals surface area contributed by atoms with Crippen molar-refractivity contribution in [2.24, 2.45) is 0 Å². The third kappa shape index (κ3) is 7.79. The van der Waals surface area contributed by atoms with Gasteiger partial charge in [0.1, 0.15) is 0 Å². The molecule has 0 radical (unpaired) electrons. The highest BCUT2D eigenvalue weighted by Crippen LogP contribution is 2.44. The van der Waals surface area contributed by atoms with Crippen molar-refractivity contribution in [1.29, 1.82) is 0 Å². The van der Waals surface area contributed by atoms with E-state index in [9.17, 15) is 9.90 Å². The van der Waals surface area contributed by atoms with Crippen LogP contribution < -0.4 is 19.6 Å². The molecule has 0 spiro atoms. The van der Waals surface area contributed by atoms with Gasteiger partial charge in [-0.2, -0.15) is 0 Å². The van der Waals surface area contributed by atoms with E-state index in [1.165, 1.54) is 35.7 Å². The molecule has 2 heterocycles. The number of ketones is 1. The Hall–Kier alpha value is -7.83. The van der Waals surface area contributed by atoms with Crippen LogP contribution in [0.3, 0.4) is 0 Å². The highest BCUT2D eigenvalue weighted by atomic mass is 16.3. The van der Waals surface area contributed by atoms with Gasteiger partial charge in [0.2, 0.25) is 0 Å². The number of hydrogen-bond acceptors (Lipinski definition) is 6. The monoisotopic (exact) mass is 834 g/mol. The second kappa shape index (κ2) is 17.1. The molecule has 0 fully saturated rings. The van der Waals surface area contributed by atoms with E-state index in [0.29, 0.717) is 12.8 Å². The zero-order valence-electron chi connectivity index (χ0n) is 36.4. The van der Waals surface area contributed by atoms with Crippen LogP contribution in [0.25, 0.3) is 55.6 Å². The summed E-state index contributed by atoms with van der Waals surface area (Å²) < 4.78 is 0. The highest BCUT2D eigenvalue weighted by molar-refractivity contribution is 5.94. The van der Waals surface area contributed by atoms with Gasteiger partial charge in [-0.05, 0) is 141 Å². The van der Waals surface area contributed by atoms with Gasteiger partial charge in [0.25, 0.3) is 0 Å². The molecule has 314 valence electrons. The Balaban J connectivity index is 1.06. The summed E-state index contributed by atoms with van der Waals surface area (Å²) >= 11 is 0. The van der Waals surface area contributed by atoms with E-state index in [1.54, 1.807) is 0 Å². The number of rotatable bonds is 11. The van der Waals surface area contributed by atoms with Crippen LogP contribution in [-0.2, 0) is 11.2 Å². The van der Waals surface area contributed by atoms with E-state index < -0.39 is 0 Å². The van der Waals surface area contributed by atoms with Crippen molar-refractivity contribution < 1.29 is 9.90 Å². The van der Waals surface area contributed by atoms with Gasteiger partial charge >= 0.3 is 0 Å². The molecule has 6 heteroatoms. The molecule has 1 N–H and O–H groups in total. The smallest absolute Gasteiger partial charge is 0.159 e. The van der Waals surface area contributed by atoms with E-state index in [2.05, 4.69) is 216 Å². The van der Waals surface area contributed by atoms with Gasteiger partial charge in [-0.25, -0.2) is 0 Å². The summed E-state index contributed by atoms with van der Waals surface area (Å²) in [6, 6.07) is 67.7. The molecular weight excluding hydrogens is 785 g/mol. The molecule has 0 atom stereocenters. The first-order chi connectivity index (χ1) is 31.3. The summed E-state index contributed by atoms with van der Waals surface area (Å²) in [5, 5.41) is 9.79. The van der Waals surface area contributed by atoms with Crippen molar-refractivity contribution in [3.05, 3.63) is 205 Å². The number of para-hydroxylation sites is 4. The Bertz CT molecular complexity index is 2880. The molecule has 0 saturated heterocycles. The Morgan fingerprint density at radius 2 is 0.828 bits per heavy atom. The van der Waals surface area contributed by atoms with Crippen LogP contribution in [-0.4, -0.2) is 38.3 Å². The van der Waals surface area contributed by atoms with Crippen molar-refractivity contribution >= 4 is 39.9 Å². The molecule has 2 aliphatic heterocycles. The third-order valence-corrected chi connectivity index (χ3v) is 12.6. The molecule has 0 unspecified atom stereocenters. The summed E-state index contributed by atoms with van der Waals surface area (Å²) in [7, 11) is 4.28. The molecule has 2 aliphatic rings. The van der Waals surface area contributed by atoms with Crippen LogP contribution in [0.15, 0.2) is 200 Å². The number of fused-ring (bicyclic) bond motifs is 2. The predicted molar refractivity (Wildman–Crippen MR) is 267 cm³/mol. The predicted octanol–water partition coefficient (Wildman–Crippen LogP) is 14.1. The molecule has 0 aromatic heterocycles. The fourth-order valence-corrected chi connectivity index (χ4v) is 9.49. The van der Waals surface area contributed by atoms with Crippen molar-refractivity contribution in [1.82, 2.24) is 0 Å². The maximum absolute atomic E-state index is 12.8. The number of aryl methyl sites for hydroxylation is 1. The van der Waals surface area contributed by atoms with Gasteiger partial charge in [0, 0.05) is 38.0 Å². The number of aliphatic hydroxyl groups excluding tert-OH is 1. The lowest BCUT2D eigenvalue weighted by atomic mass is 9.86. The van der Waals surface area contributed by atoms with Crippen LogP contribution in [0.4, 0.5) is 34.1 Å². The second-order valence-electron chi connectivity index (χ2n) is 16.9. The van der Waals surface area contributed by atoms with E-state index in [0.717, 1.165) is 85.9 Å². The highest BCUT2D eigenvalue weighted by Gasteiger charge is 2.25. The lowest BCUT2D eigenvalue weighted by Crippen LogP contribution is -2.23. The first-order valence-electron chi connectivity index (χ1n) is 22.0. The largest absolute Gasteiger partial charge is 0.512 e. The number of nitrogens with zero attached hydrogens (tertiary/aromatic N) is 4. The van der Waals surface area contributed by atoms with Crippen LogP contribution >= 0.6 is 0 Å². The minimum absolute atomic E-state index is 0.0280. The fraction of sp³-hybridized carbons (Fsp3) is 0.121. The van der Waals surface area contributed by atoms with Crippen molar-refractivity contribution in [2.45, 2.75) is 19.8 Å². The number of carbonyl (C=O) groups excluding carboxylic acids is 1. The van der Waals surface area contributed by atoms with E-state index in [4.69, 9.17) is 0 Å². The molecule has 0 amide bonds. The van der Waals surface area contributed by atoms with E-state index in [1.807, 2.05) is 6.07 Å². The number of benzene rings is 8. The molecule has 6 nitrogen and oxygen atoms in total. The minimum atomic E-state index is -0.0916. The van der Waals surface area contributed by atoms with Gasteiger partial charge in [0.05, 0.1) is 41.8 Å². The first kappa shape index (κ1) is 40.3. The van der Waals surface area contributed by atoms with Crippen LogP contribution in [0.5, 0.6) is 0 Å². The first-order valence-corrected chi connectivity index (χ1v) is 22.0. The van der Waals surface area contributed by atoms with E-state index in [-0.39, 0.29) is 11.5 Å². The van der Waals surface area contributed by atoms with Crippen LogP contribution in [0.1, 0.15) is 18.9 Å². The average molecular weight is 835 g/mol. The molecule has 8 aromatic carbocycles. The molecule has 0 aliphatic carbocycles. The molecular formula is C58H50N4O2. The van der Waals surface area contributed by atoms with Crippen LogP contribution in [0.2, 0.25) is 0 Å². The summed E-state index contributed by atoms with van der Waals surface area (Å²) in [4.78, 5) is 22.1. The van der Waals surface area contributed by atoms with E-state index >= 15 is 0 Å². The summed E-state index contributed by atoms with van der Waals surface area (Å²) in [5.41, 5.74) is 19.5. The minimum Gasteiger partial charge on any atom is -0.512 e. The summed E-state index contributed by atoms with van der Waals surface area (Å²) in [5.74, 6) is -0.0637. The topological polar surface area (TPSA) is 50.3 Å². The molecule has 64 heavy (non-hydrogen) atoms. The van der Waals surface area contributed by atoms with Gasteiger partial charge < -0.3 is 24.7 Å². The lowest BCUT2D eigenvalue weighted by molar-refractivity contribution is -0.114. The number of hydrogen-bond donors (Lipinski definition) is 1. The summed E-state index contributed by atoms with van der Waals surface area (Å²) in [6.45, 7) is 3.14. The van der Waals surface area contributed by atoms with Gasteiger partial charge in [-0.1, -0.05) is 121 Å². The standard InChI is InChI=1S/C58H50N4O2/c1-40(63)34-49(64)33-28-41-14-4-5-15-50(41)44-35-45(53-18-8-6-16-51(53)42-24-29-47(30-25-42)61-38-59(2)55-20-10-12-22-57(55)61)37-46(36-44)54-19-9-7-17-52(54)43-26-31-48(32-27-43)62-39-60(3)56-21-11-13-23-58(56)62/h4-27,29-32,34-37,63H,28,33,38-39H2,1-3H3. The molecule has 8 aromatic rings. The van der Waals surface area contributed by atoms with Crippen LogP contribution in [0, 0.1) is 0 Å². The van der Waals surface area contributed by atoms with Gasteiger partial charge in [0.15, 0.2) is 5.78 Å². The number of carbonyl (C=O) groups is 1. The number of aliphatic hydroxyl groups is 1. The maximum atomic E-state index is 12.8. The average Bonchev–Trinajstić information content (AvgIpc) is 3.86. The Morgan fingerprint density at radius 1 is 0.469 bits per heavy atom. The van der Waals surface area contributed by atoms with Crippen molar-refractivity contribution in [2.75, 3.05) is 47.0 Å². The number of anilines is 6. The lowest BCUT2D eigenvalue weighted by Gasteiger charge is -2.21. The quantitative estimate of drug-likeness (QED) is 0.103. The third-order valence-electron chi connectivity index (χ3n) is 12.6. The zero-order valence-corrected chi connectivity index (χ0v) is 36.4. The second-order valence-corrected chi connectivity index (χ2v) is 16.9. The maximum Gasteiger partial charge on any atom is 0.159 e.